The third kappa shape index (κ3) is 4.60. The molecule has 0 aliphatic heterocycles. The van der Waals surface area contributed by atoms with E-state index in [1.165, 1.54) is 10.4 Å². The van der Waals surface area contributed by atoms with E-state index in [1.807, 2.05) is 30.8 Å². The van der Waals surface area contributed by atoms with Crippen LogP contribution in [0.3, 0.4) is 0 Å². The summed E-state index contributed by atoms with van der Waals surface area (Å²) in [4.78, 5) is 12.4. The molecule has 6 heteroatoms. The number of para-hydroxylation sites is 2. The van der Waals surface area contributed by atoms with Gasteiger partial charge in [0.25, 0.3) is 0 Å². The molecule has 0 saturated heterocycles. The SMILES string of the molecule is CN=C(NCCCn1cnc2ccccc21)N(C)CCc1cccs1. The number of guanidine groups is 1. The summed E-state index contributed by atoms with van der Waals surface area (Å²) in [5.74, 6) is 0.951. The van der Waals surface area contributed by atoms with Gasteiger partial charge in [0.1, 0.15) is 0 Å². The van der Waals surface area contributed by atoms with Gasteiger partial charge in [-0.2, -0.15) is 0 Å². The third-order valence-corrected chi connectivity index (χ3v) is 5.17. The second kappa shape index (κ2) is 8.67. The maximum Gasteiger partial charge on any atom is 0.193 e. The number of fused-ring (bicyclic) bond motifs is 1. The van der Waals surface area contributed by atoms with Gasteiger partial charge in [-0.3, -0.25) is 4.99 Å². The summed E-state index contributed by atoms with van der Waals surface area (Å²) in [7, 11) is 3.93. The molecule has 0 spiro atoms. The molecule has 0 amide bonds. The second-order valence-corrected chi connectivity index (χ2v) is 7.04. The Bertz CT molecular complexity index is 806. The van der Waals surface area contributed by atoms with Crippen LogP contribution in [0.4, 0.5) is 0 Å². The fourth-order valence-corrected chi connectivity index (χ4v) is 3.56. The number of hydrogen-bond donors (Lipinski definition) is 1. The van der Waals surface area contributed by atoms with Gasteiger partial charge in [-0.25, -0.2) is 4.98 Å². The van der Waals surface area contributed by atoms with Crippen molar-refractivity contribution in [1.82, 2.24) is 19.8 Å². The lowest BCUT2D eigenvalue weighted by Gasteiger charge is -2.21. The first kappa shape index (κ1) is 17.5. The van der Waals surface area contributed by atoms with Gasteiger partial charge in [0, 0.05) is 38.6 Å². The lowest BCUT2D eigenvalue weighted by atomic mass is 10.3. The molecule has 5 nitrogen and oxygen atoms in total. The van der Waals surface area contributed by atoms with Gasteiger partial charge >= 0.3 is 0 Å². The van der Waals surface area contributed by atoms with E-state index in [1.54, 1.807) is 0 Å². The summed E-state index contributed by atoms with van der Waals surface area (Å²) in [6, 6.07) is 12.5. The van der Waals surface area contributed by atoms with Gasteiger partial charge in [-0.1, -0.05) is 18.2 Å². The lowest BCUT2D eigenvalue weighted by molar-refractivity contribution is 0.483. The molecule has 0 aliphatic carbocycles. The number of rotatable bonds is 7. The molecule has 0 aliphatic rings. The highest BCUT2D eigenvalue weighted by molar-refractivity contribution is 7.09. The summed E-state index contributed by atoms with van der Waals surface area (Å²) in [5, 5.41) is 5.58. The van der Waals surface area contributed by atoms with E-state index < -0.39 is 0 Å². The van der Waals surface area contributed by atoms with Crippen LogP contribution >= 0.6 is 11.3 Å². The first-order valence-electron chi connectivity index (χ1n) is 8.62. The summed E-state index contributed by atoms with van der Waals surface area (Å²) < 4.78 is 2.21. The van der Waals surface area contributed by atoms with Gasteiger partial charge in [0.05, 0.1) is 17.4 Å². The fraction of sp³-hybridized carbons (Fsp3) is 0.368. The van der Waals surface area contributed by atoms with E-state index in [9.17, 15) is 0 Å². The summed E-state index contributed by atoms with van der Waals surface area (Å²) in [6.45, 7) is 2.80. The Balaban J connectivity index is 1.43. The van der Waals surface area contributed by atoms with Crippen molar-refractivity contribution >= 4 is 28.3 Å². The van der Waals surface area contributed by atoms with E-state index >= 15 is 0 Å². The van der Waals surface area contributed by atoms with Gasteiger partial charge < -0.3 is 14.8 Å². The average Bonchev–Trinajstić information content (AvgIpc) is 3.30. The van der Waals surface area contributed by atoms with E-state index in [0.29, 0.717) is 0 Å². The van der Waals surface area contributed by atoms with Crippen LogP contribution in [0.5, 0.6) is 0 Å². The molecule has 3 rings (SSSR count). The van der Waals surface area contributed by atoms with Crippen LogP contribution in [-0.2, 0) is 13.0 Å². The molecular weight excluding hydrogens is 330 g/mol. The summed E-state index contributed by atoms with van der Waals surface area (Å²) in [6.07, 6.45) is 4.00. The van der Waals surface area contributed by atoms with Crippen molar-refractivity contribution in [2.24, 2.45) is 4.99 Å². The number of thiophene rings is 1. The molecule has 1 N–H and O–H groups in total. The Labute approximate surface area is 153 Å². The molecule has 0 radical (unpaired) electrons. The van der Waals surface area contributed by atoms with E-state index in [4.69, 9.17) is 0 Å². The quantitative estimate of drug-likeness (QED) is 0.402. The molecule has 25 heavy (non-hydrogen) atoms. The zero-order chi connectivity index (χ0) is 17.5. The van der Waals surface area contributed by atoms with E-state index in [2.05, 4.69) is 67.5 Å². The number of likely N-dealkylation sites (N-methyl/N-ethyl adjacent to an activating group) is 1. The molecule has 0 unspecified atom stereocenters. The monoisotopic (exact) mass is 355 g/mol. The van der Waals surface area contributed by atoms with Crippen molar-refractivity contribution in [2.75, 3.05) is 27.2 Å². The Morgan fingerprint density at radius 2 is 2.16 bits per heavy atom. The number of aromatic nitrogens is 2. The van der Waals surface area contributed by atoms with E-state index in [-0.39, 0.29) is 0 Å². The first-order valence-corrected chi connectivity index (χ1v) is 9.50. The Hall–Kier alpha value is -2.34. The molecule has 3 aromatic rings. The maximum absolute atomic E-state index is 4.44. The van der Waals surface area contributed by atoms with E-state index in [0.717, 1.165) is 44.0 Å². The van der Waals surface area contributed by atoms with Gasteiger partial charge in [-0.05, 0) is 36.4 Å². The summed E-state index contributed by atoms with van der Waals surface area (Å²) >= 11 is 1.81. The zero-order valence-electron chi connectivity index (χ0n) is 14.9. The minimum atomic E-state index is 0.891. The number of imidazole rings is 1. The molecule has 0 bridgehead atoms. The first-order chi connectivity index (χ1) is 12.3. The predicted molar refractivity (Wildman–Crippen MR) is 106 cm³/mol. The molecule has 0 fully saturated rings. The normalized spacial score (nSPS) is 11.8. The van der Waals surface area contributed by atoms with Crippen molar-refractivity contribution in [3.8, 4) is 0 Å². The van der Waals surface area contributed by atoms with Crippen LogP contribution in [0, 0.1) is 0 Å². The topological polar surface area (TPSA) is 45.5 Å². The van der Waals surface area contributed by atoms with Crippen LogP contribution in [-0.4, -0.2) is 47.6 Å². The zero-order valence-corrected chi connectivity index (χ0v) is 15.7. The fourth-order valence-electron chi connectivity index (χ4n) is 2.86. The number of aliphatic imine (C=N–C) groups is 1. The van der Waals surface area contributed by atoms with Crippen LogP contribution in [0.25, 0.3) is 11.0 Å². The Morgan fingerprint density at radius 3 is 2.96 bits per heavy atom. The van der Waals surface area contributed by atoms with Crippen LogP contribution in [0.2, 0.25) is 0 Å². The van der Waals surface area contributed by atoms with Crippen molar-refractivity contribution < 1.29 is 0 Å². The molecule has 0 saturated carbocycles. The maximum atomic E-state index is 4.44. The molecule has 0 atom stereocenters. The number of nitrogens with one attached hydrogen (secondary N) is 1. The lowest BCUT2D eigenvalue weighted by Crippen LogP contribution is -2.40. The number of nitrogens with zero attached hydrogens (tertiary/aromatic N) is 4. The summed E-state index contributed by atoms with van der Waals surface area (Å²) in [5.41, 5.74) is 2.25. The predicted octanol–water partition coefficient (Wildman–Crippen LogP) is 3.24. The Kier molecular flexibility index (Phi) is 6.06. The highest BCUT2D eigenvalue weighted by atomic mass is 32.1. The highest BCUT2D eigenvalue weighted by Gasteiger charge is 2.06. The number of hydrogen-bond acceptors (Lipinski definition) is 3. The Morgan fingerprint density at radius 1 is 1.28 bits per heavy atom. The van der Waals surface area contributed by atoms with Crippen molar-refractivity contribution in [3.05, 3.63) is 53.0 Å². The van der Waals surface area contributed by atoms with Gasteiger partial charge in [0.2, 0.25) is 0 Å². The van der Waals surface area contributed by atoms with Crippen molar-refractivity contribution in [1.29, 1.82) is 0 Å². The number of aryl methyl sites for hydroxylation is 1. The highest BCUT2D eigenvalue weighted by Crippen LogP contribution is 2.12. The van der Waals surface area contributed by atoms with Crippen LogP contribution in [0.1, 0.15) is 11.3 Å². The second-order valence-electron chi connectivity index (χ2n) is 6.01. The van der Waals surface area contributed by atoms with Crippen molar-refractivity contribution in [3.63, 3.8) is 0 Å². The third-order valence-electron chi connectivity index (χ3n) is 4.23. The molecule has 2 aromatic heterocycles. The van der Waals surface area contributed by atoms with Crippen LogP contribution < -0.4 is 5.32 Å². The molecule has 132 valence electrons. The molecule has 1 aromatic carbocycles. The molecule has 2 heterocycles. The van der Waals surface area contributed by atoms with Crippen LogP contribution in [0.15, 0.2) is 53.1 Å². The molecular formula is C19H25N5S. The van der Waals surface area contributed by atoms with Crippen molar-refractivity contribution in [2.45, 2.75) is 19.4 Å². The van der Waals surface area contributed by atoms with Gasteiger partial charge in [-0.15, -0.1) is 11.3 Å². The number of benzene rings is 1. The smallest absolute Gasteiger partial charge is 0.193 e. The minimum absolute atomic E-state index is 0.891. The standard InChI is InChI=1S/C19H25N5S/c1-20-19(23(2)13-10-16-7-5-14-25-16)21-11-6-12-24-15-22-17-8-3-4-9-18(17)24/h3-5,7-9,14-15H,6,10-13H2,1-2H3,(H,20,21). The average molecular weight is 356 g/mol. The largest absolute Gasteiger partial charge is 0.356 e. The minimum Gasteiger partial charge on any atom is -0.356 e. The van der Waals surface area contributed by atoms with Gasteiger partial charge in [0.15, 0.2) is 5.96 Å².